The molecule has 1 rings (SSSR count). The summed E-state index contributed by atoms with van der Waals surface area (Å²) in [5, 5.41) is 9.30. The van der Waals surface area contributed by atoms with Crippen molar-refractivity contribution in [2.75, 3.05) is 0 Å². The van der Waals surface area contributed by atoms with Gasteiger partial charge in [-0.15, -0.1) is 0 Å². The van der Waals surface area contributed by atoms with E-state index in [0.717, 1.165) is 19.3 Å². The highest BCUT2D eigenvalue weighted by Crippen LogP contribution is 2.20. The van der Waals surface area contributed by atoms with Gasteiger partial charge < -0.3 is 5.11 Å². The smallest absolute Gasteiger partial charge is 0.318 e. The van der Waals surface area contributed by atoms with Crippen LogP contribution < -0.4 is 0 Å². The van der Waals surface area contributed by atoms with E-state index in [-0.39, 0.29) is 5.78 Å². The number of hydrogen-bond acceptors (Lipinski definition) is 2. The molecule has 1 unspecified atom stereocenters. The van der Waals surface area contributed by atoms with Crippen molar-refractivity contribution in [1.29, 1.82) is 0 Å². The molecule has 0 aromatic heterocycles. The second-order valence-electron chi connectivity index (χ2n) is 5.87. The van der Waals surface area contributed by atoms with Gasteiger partial charge in [0.1, 0.15) is 5.92 Å². The van der Waals surface area contributed by atoms with Crippen molar-refractivity contribution in [3.05, 3.63) is 35.9 Å². The van der Waals surface area contributed by atoms with Gasteiger partial charge in [0.2, 0.25) is 0 Å². The highest BCUT2D eigenvalue weighted by atomic mass is 16.4. The molecule has 22 heavy (non-hydrogen) atoms. The van der Waals surface area contributed by atoms with Crippen molar-refractivity contribution in [3.8, 4) is 0 Å². The van der Waals surface area contributed by atoms with Crippen molar-refractivity contribution in [1.82, 2.24) is 0 Å². The zero-order valence-corrected chi connectivity index (χ0v) is 13.6. The summed E-state index contributed by atoms with van der Waals surface area (Å²) in [5.74, 6) is -2.23. The number of carbonyl (C=O) groups is 2. The van der Waals surface area contributed by atoms with E-state index < -0.39 is 11.9 Å². The quantitative estimate of drug-likeness (QED) is 0.439. The molecule has 0 aliphatic heterocycles. The van der Waals surface area contributed by atoms with Crippen molar-refractivity contribution < 1.29 is 14.7 Å². The summed E-state index contributed by atoms with van der Waals surface area (Å²) in [6.07, 6.45) is 9.65. The summed E-state index contributed by atoms with van der Waals surface area (Å²) in [5.41, 5.74) is 0.583. The molecule has 0 heterocycles. The minimum atomic E-state index is -1.05. The number of carboxylic acids is 1. The molecule has 0 amide bonds. The van der Waals surface area contributed by atoms with Crippen LogP contribution in [-0.4, -0.2) is 16.9 Å². The molecule has 0 aliphatic rings. The lowest BCUT2D eigenvalue weighted by atomic mass is 9.91. The maximum absolute atomic E-state index is 12.2. The van der Waals surface area contributed by atoms with E-state index in [0.29, 0.717) is 12.0 Å². The van der Waals surface area contributed by atoms with Crippen LogP contribution in [0, 0.1) is 0 Å². The van der Waals surface area contributed by atoms with Crippen LogP contribution in [0.1, 0.15) is 76.2 Å². The van der Waals surface area contributed by atoms with Crippen molar-refractivity contribution in [2.45, 2.75) is 70.6 Å². The number of hydrogen-bond donors (Lipinski definition) is 1. The van der Waals surface area contributed by atoms with Gasteiger partial charge in [-0.3, -0.25) is 9.59 Å². The van der Waals surface area contributed by atoms with E-state index in [9.17, 15) is 14.7 Å². The largest absolute Gasteiger partial charge is 0.480 e. The molecular weight excluding hydrogens is 276 g/mol. The van der Waals surface area contributed by atoms with Gasteiger partial charge in [-0.1, -0.05) is 82.2 Å². The topological polar surface area (TPSA) is 54.4 Å². The summed E-state index contributed by atoms with van der Waals surface area (Å²) in [6, 6.07) is 8.80. The fraction of sp³-hybridized carbons (Fsp3) is 0.579. The van der Waals surface area contributed by atoms with Gasteiger partial charge in [0.05, 0.1) is 0 Å². The third kappa shape index (κ3) is 6.88. The van der Waals surface area contributed by atoms with E-state index in [1.165, 1.54) is 32.1 Å². The molecule has 0 bridgehead atoms. The van der Waals surface area contributed by atoms with Crippen LogP contribution in [0.3, 0.4) is 0 Å². The van der Waals surface area contributed by atoms with E-state index in [1.807, 2.05) is 6.07 Å². The number of unbranched alkanes of at least 4 members (excludes halogenated alkanes) is 7. The van der Waals surface area contributed by atoms with E-state index in [4.69, 9.17) is 0 Å². The van der Waals surface area contributed by atoms with E-state index in [1.54, 1.807) is 24.3 Å². The van der Waals surface area contributed by atoms with E-state index >= 15 is 0 Å². The molecule has 0 fully saturated rings. The zero-order valence-electron chi connectivity index (χ0n) is 13.6. The molecule has 1 atom stereocenters. The molecule has 3 heteroatoms. The number of carbonyl (C=O) groups excluding carboxylic acids is 1. The van der Waals surface area contributed by atoms with Crippen LogP contribution in [0.5, 0.6) is 0 Å². The van der Waals surface area contributed by atoms with Crippen LogP contribution in [-0.2, 0) is 9.59 Å². The predicted molar refractivity (Wildman–Crippen MR) is 89.1 cm³/mol. The molecular formula is C19H28O3. The summed E-state index contributed by atoms with van der Waals surface area (Å²) in [7, 11) is 0. The first kappa shape index (κ1) is 18.4. The molecule has 1 aromatic rings. The average molecular weight is 304 g/mol. The molecule has 0 radical (unpaired) electrons. The molecule has 1 N–H and O–H groups in total. The van der Waals surface area contributed by atoms with Crippen LogP contribution in [0.25, 0.3) is 0 Å². The normalized spacial score (nSPS) is 12.0. The minimum Gasteiger partial charge on any atom is -0.480 e. The lowest BCUT2D eigenvalue weighted by Gasteiger charge is -2.11. The van der Waals surface area contributed by atoms with Crippen LogP contribution >= 0.6 is 0 Å². The van der Waals surface area contributed by atoms with Gasteiger partial charge in [-0.25, -0.2) is 0 Å². The lowest BCUT2D eigenvalue weighted by Crippen LogP contribution is -2.21. The van der Waals surface area contributed by atoms with Crippen LogP contribution in [0.4, 0.5) is 0 Å². The van der Waals surface area contributed by atoms with Gasteiger partial charge in [0, 0.05) is 6.42 Å². The maximum Gasteiger partial charge on any atom is 0.318 e. The Hall–Kier alpha value is -1.64. The standard InChI is InChI=1S/C19H28O3/c1-2-3-4-5-6-7-8-12-15-17(20)18(19(21)22)16-13-10-9-11-14-16/h9-11,13-14,18H,2-8,12,15H2,1H3,(H,21,22). The number of rotatable bonds is 12. The molecule has 0 saturated heterocycles. The van der Waals surface area contributed by atoms with Crippen LogP contribution in [0.2, 0.25) is 0 Å². The maximum atomic E-state index is 12.2. The summed E-state index contributed by atoms with van der Waals surface area (Å²) in [6.45, 7) is 2.21. The first-order valence-corrected chi connectivity index (χ1v) is 8.47. The molecule has 3 nitrogen and oxygen atoms in total. The Morgan fingerprint density at radius 1 is 0.909 bits per heavy atom. The molecule has 0 spiro atoms. The lowest BCUT2D eigenvalue weighted by molar-refractivity contribution is -0.142. The Balaban J connectivity index is 2.29. The third-order valence-electron chi connectivity index (χ3n) is 3.98. The number of carboxylic acid groups (broad SMARTS) is 1. The monoisotopic (exact) mass is 304 g/mol. The van der Waals surface area contributed by atoms with Crippen molar-refractivity contribution in [2.24, 2.45) is 0 Å². The Morgan fingerprint density at radius 2 is 1.45 bits per heavy atom. The second kappa shape index (κ2) is 11.0. The summed E-state index contributed by atoms with van der Waals surface area (Å²) >= 11 is 0. The van der Waals surface area contributed by atoms with Crippen molar-refractivity contribution >= 4 is 11.8 Å². The number of Topliss-reactive ketones (excluding diaryl/α,β-unsaturated/α-hetero) is 1. The molecule has 0 aliphatic carbocycles. The second-order valence-corrected chi connectivity index (χ2v) is 5.87. The number of ketones is 1. The van der Waals surface area contributed by atoms with Gasteiger partial charge in [0.25, 0.3) is 0 Å². The van der Waals surface area contributed by atoms with Gasteiger partial charge in [-0.05, 0) is 12.0 Å². The fourth-order valence-electron chi connectivity index (χ4n) is 2.69. The fourth-order valence-corrected chi connectivity index (χ4v) is 2.69. The predicted octanol–water partition coefficient (Wildman–Crippen LogP) is 4.95. The van der Waals surface area contributed by atoms with Crippen molar-refractivity contribution in [3.63, 3.8) is 0 Å². The Labute approximate surface area is 133 Å². The molecule has 122 valence electrons. The zero-order chi connectivity index (χ0) is 16.2. The van der Waals surface area contributed by atoms with E-state index in [2.05, 4.69) is 6.92 Å². The summed E-state index contributed by atoms with van der Waals surface area (Å²) < 4.78 is 0. The summed E-state index contributed by atoms with van der Waals surface area (Å²) in [4.78, 5) is 23.5. The highest BCUT2D eigenvalue weighted by Gasteiger charge is 2.26. The minimum absolute atomic E-state index is 0.176. The number of aliphatic carboxylic acids is 1. The Kier molecular flexibility index (Phi) is 9.20. The molecule has 0 saturated carbocycles. The Bertz CT molecular complexity index is 439. The average Bonchev–Trinajstić information content (AvgIpc) is 2.51. The van der Waals surface area contributed by atoms with Gasteiger partial charge in [0.15, 0.2) is 5.78 Å². The number of benzene rings is 1. The highest BCUT2D eigenvalue weighted by molar-refractivity contribution is 6.03. The van der Waals surface area contributed by atoms with Gasteiger partial charge >= 0.3 is 5.97 Å². The van der Waals surface area contributed by atoms with Gasteiger partial charge in [-0.2, -0.15) is 0 Å². The first-order valence-electron chi connectivity index (χ1n) is 8.47. The SMILES string of the molecule is CCCCCCCCCCC(=O)C(C(=O)O)c1ccccc1. The first-order chi connectivity index (χ1) is 10.7. The molecule has 1 aromatic carbocycles. The van der Waals surface area contributed by atoms with Crippen LogP contribution in [0.15, 0.2) is 30.3 Å². The Morgan fingerprint density at radius 3 is 2.00 bits per heavy atom. The third-order valence-corrected chi connectivity index (χ3v) is 3.98.